The van der Waals surface area contributed by atoms with Gasteiger partial charge in [0.2, 0.25) is 0 Å². The molecule has 0 aromatic heterocycles. The second-order valence-corrected chi connectivity index (χ2v) is 6.32. The Morgan fingerprint density at radius 3 is 2.63 bits per heavy atom. The summed E-state index contributed by atoms with van der Waals surface area (Å²) in [6.07, 6.45) is 1.41. The zero-order valence-corrected chi connectivity index (χ0v) is 16.2. The third-order valence-corrected chi connectivity index (χ3v) is 3.98. The molecule has 1 amide bonds. The first-order valence-corrected chi connectivity index (χ1v) is 9.09. The first kappa shape index (κ1) is 20.7. The largest absolute Gasteiger partial charge is 0.483 e. The molecule has 0 radical (unpaired) electrons. The summed E-state index contributed by atoms with van der Waals surface area (Å²) in [7, 11) is 0. The van der Waals surface area contributed by atoms with Crippen LogP contribution >= 0.6 is 0 Å². The Hall–Kier alpha value is -4.00. The molecule has 0 unspecified atom stereocenters. The van der Waals surface area contributed by atoms with E-state index in [9.17, 15) is 14.0 Å². The molecule has 0 fully saturated rings. The summed E-state index contributed by atoms with van der Waals surface area (Å²) >= 11 is 0. The molecule has 0 aliphatic rings. The van der Waals surface area contributed by atoms with E-state index in [-0.39, 0.29) is 17.9 Å². The molecule has 7 heteroatoms. The molecule has 6 nitrogen and oxygen atoms in total. The molecule has 3 aromatic carbocycles. The van der Waals surface area contributed by atoms with Crippen LogP contribution in [0.3, 0.4) is 0 Å². The zero-order valence-electron chi connectivity index (χ0n) is 16.2. The van der Waals surface area contributed by atoms with Gasteiger partial charge in [0.25, 0.3) is 5.91 Å². The molecule has 0 atom stereocenters. The van der Waals surface area contributed by atoms with Gasteiger partial charge in [0, 0.05) is 0 Å². The summed E-state index contributed by atoms with van der Waals surface area (Å²) in [6, 6.07) is 19.2. The minimum Gasteiger partial charge on any atom is -0.483 e. The van der Waals surface area contributed by atoms with E-state index < -0.39 is 17.7 Å². The standard InChI is InChI=1S/C23H19FN2O4/c1-16-6-2-3-11-21(16)29-15-22(27)26-25-14-17-7-4-10-20(12-17)30-23(28)18-8-5-9-19(24)13-18/h2-14H,15H2,1H3,(H,26,27). The Balaban J connectivity index is 1.53. The topological polar surface area (TPSA) is 77.0 Å². The molecule has 0 saturated carbocycles. The average molecular weight is 406 g/mol. The molecular weight excluding hydrogens is 387 g/mol. The molecular formula is C23H19FN2O4. The summed E-state index contributed by atoms with van der Waals surface area (Å²) in [5, 5.41) is 3.87. The quantitative estimate of drug-likeness (QED) is 0.280. The van der Waals surface area contributed by atoms with E-state index in [2.05, 4.69) is 10.5 Å². The van der Waals surface area contributed by atoms with Crippen LogP contribution in [0.15, 0.2) is 77.9 Å². The minimum absolute atomic E-state index is 0.106. The van der Waals surface area contributed by atoms with Crippen molar-refractivity contribution in [1.29, 1.82) is 0 Å². The van der Waals surface area contributed by atoms with Gasteiger partial charge in [0.1, 0.15) is 17.3 Å². The molecule has 30 heavy (non-hydrogen) atoms. The van der Waals surface area contributed by atoms with Crippen LogP contribution in [-0.2, 0) is 4.79 Å². The maximum atomic E-state index is 13.2. The first-order valence-electron chi connectivity index (χ1n) is 9.09. The van der Waals surface area contributed by atoms with Crippen LogP contribution in [0.2, 0.25) is 0 Å². The van der Waals surface area contributed by atoms with E-state index in [1.165, 1.54) is 24.4 Å². The number of halogens is 1. The van der Waals surface area contributed by atoms with Crippen molar-refractivity contribution in [2.45, 2.75) is 6.92 Å². The SMILES string of the molecule is Cc1ccccc1OCC(=O)NN=Cc1cccc(OC(=O)c2cccc(F)c2)c1. The van der Waals surface area contributed by atoms with Gasteiger partial charge in [-0.3, -0.25) is 4.79 Å². The van der Waals surface area contributed by atoms with Crippen LogP contribution in [0.25, 0.3) is 0 Å². The fraction of sp³-hybridized carbons (Fsp3) is 0.0870. The molecule has 152 valence electrons. The Morgan fingerprint density at radius 1 is 1.03 bits per heavy atom. The van der Waals surface area contributed by atoms with Gasteiger partial charge in [-0.2, -0.15) is 5.10 Å². The number of carbonyl (C=O) groups excluding carboxylic acids is 2. The van der Waals surface area contributed by atoms with Crippen LogP contribution < -0.4 is 14.9 Å². The maximum absolute atomic E-state index is 13.2. The summed E-state index contributed by atoms with van der Waals surface area (Å²) in [5.74, 6) is -0.715. The van der Waals surface area contributed by atoms with Gasteiger partial charge >= 0.3 is 5.97 Å². The van der Waals surface area contributed by atoms with Crippen molar-refractivity contribution in [3.8, 4) is 11.5 Å². The number of esters is 1. The zero-order chi connectivity index (χ0) is 21.3. The van der Waals surface area contributed by atoms with Crippen LogP contribution in [0.1, 0.15) is 21.5 Å². The molecule has 3 aromatic rings. The van der Waals surface area contributed by atoms with Gasteiger partial charge in [-0.1, -0.05) is 36.4 Å². The number of ether oxygens (including phenoxy) is 2. The smallest absolute Gasteiger partial charge is 0.343 e. The lowest BCUT2D eigenvalue weighted by Gasteiger charge is -2.07. The fourth-order valence-corrected chi connectivity index (χ4v) is 2.51. The summed E-state index contributed by atoms with van der Waals surface area (Å²) < 4.78 is 23.9. The normalized spacial score (nSPS) is 10.6. The number of hydrazone groups is 1. The Morgan fingerprint density at radius 2 is 1.83 bits per heavy atom. The fourth-order valence-electron chi connectivity index (χ4n) is 2.51. The minimum atomic E-state index is -0.676. The van der Waals surface area contributed by atoms with E-state index in [0.717, 1.165) is 11.6 Å². The van der Waals surface area contributed by atoms with E-state index in [4.69, 9.17) is 9.47 Å². The number of benzene rings is 3. The number of hydrogen-bond acceptors (Lipinski definition) is 5. The number of nitrogens with zero attached hydrogens (tertiary/aromatic N) is 1. The number of nitrogens with one attached hydrogen (secondary N) is 1. The molecule has 0 bridgehead atoms. The molecule has 0 aliphatic carbocycles. The van der Waals surface area contributed by atoms with Gasteiger partial charge in [-0.15, -0.1) is 0 Å². The molecule has 1 N–H and O–H groups in total. The van der Waals surface area contributed by atoms with Crippen molar-refractivity contribution in [1.82, 2.24) is 5.43 Å². The number of hydrogen-bond donors (Lipinski definition) is 1. The molecule has 0 saturated heterocycles. The molecule has 0 heterocycles. The van der Waals surface area contributed by atoms with E-state index >= 15 is 0 Å². The van der Waals surface area contributed by atoms with Crippen molar-refractivity contribution in [2.75, 3.05) is 6.61 Å². The lowest BCUT2D eigenvalue weighted by atomic mass is 10.2. The third kappa shape index (κ3) is 6.00. The van der Waals surface area contributed by atoms with Crippen molar-refractivity contribution < 1.29 is 23.5 Å². The van der Waals surface area contributed by atoms with Crippen molar-refractivity contribution in [3.05, 3.63) is 95.3 Å². The van der Waals surface area contributed by atoms with Crippen LogP contribution in [0.5, 0.6) is 11.5 Å². The van der Waals surface area contributed by atoms with Gasteiger partial charge in [0.05, 0.1) is 11.8 Å². The third-order valence-electron chi connectivity index (χ3n) is 3.98. The van der Waals surface area contributed by atoms with Crippen LogP contribution in [0.4, 0.5) is 4.39 Å². The van der Waals surface area contributed by atoms with Crippen molar-refractivity contribution >= 4 is 18.1 Å². The summed E-state index contributed by atoms with van der Waals surface area (Å²) in [4.78, 5) is 24.0. The number of para-hydroxylation sites is 1. The van der Waals surface area contributed by atoms with Crippen molar-refractivity contribution in [3.63, 3.8) is 0 Å². The highest BCUT2D eigenvalue weighted by Crippen LogP contribution is 2.16. The molecule has 0 spiro atoms. The summed E-state index contributed by atoms with van der Waals surface area (Å²) in [5.41, 5.74) is 4.00. The average Bonchev–Trinajstić information content (AvgIpc) is 2.73. The van der Waals surface area contributed by atoms with Crippen LogP contribution in [0, 0.1) is 12.7 Å². The first-order chi connectivity index (χ1) is 14.5. The van der Waals surface area contributed by atoms with Crippen molar-refractivity contribution in [2.24, 2.45) is 5.10 Å². The van der Waals surface area contributed by atoms with Gasteiger partial charge in [-0.05, 0) is 54.4 Å². The second kappa shape index (κ2) is 9.97. The predicted octanol–water partition coefficient (Wildman–Crippen LogP) is 3.88. The van der Waals surface area contributed by atoms with E-state index in [0.29, 0.717) is 11.3 Å². The number of rotatable bonds is 7. The highest BCUT2D eigenvalue weighted by molar-refractivity contribution is 5.91. The number of carbonyl (C=O) groups is 2. The van der Waals surface area contributed by atoms with E-state index in [1.807, 2.05) is 25.1 Å². The number of amides is 1. The van der Waals surface area contributed by atoms with Gasteiger partial charge in [0.15, 0.2) is 6.61 Å². The monoisotopic (exact) mass is 406 g/mol. The molecule has 3 rings (SSSR count). The highest BCUT2D eigenvalue weighted by Gasteiger charge is 2.09. The Bertz CT molecular complexity index is 1080. The van der Waals surface area contributed by atoms with Crippen LogP contribution in [-0.4, -0.2) is 24.7 Å². The predicted molar refractivity (Wildman–Crippen MR) is 110 cm³/mol. The van der Waals surface area contributed by atoms with Gasteiger partial charge < -0.3 is 9.47 Å². The lowest BCUT2D eigenvalue weighted by Crippen LogP contribution is -2.24. The highest BCUT2D eigenvalue weighted by atomic mass is 19.1. The number of aryl methyl sites for hydroxylation is 1. The lowest BCUT2D eigenvalue weighted by molar-refractivity contribution is -0.123. The second-order valence-electron chi connectivity index (χ2n) is 6.32. The Labute approximate surface area is 173 Å². The maximum Gasteiger partial charge on any atom is 0.343 e. The van der Waals surface area contributed by atoms with Gasteiger partial charge in [-0.25, -0.2) is 14.6 Å². The molecule has 0 aliphatic heterocycles. The summed E-state index contributed by atoms with van der Waals surface area (Å²) in [6.45, 7) is 1.72. The Kier molecular flexibility index (Phi) is 6.89. The van der Waals surface area contributed by atoms with E-state index in [1.54, 1.807) is 30.3 Å².